The van der Waals surface area contributed by atoms with Crippen molar-refractivity contribution in [2.45, 2.75) is 19.3 Å². The minimum atomic E-state index is -0.259. The molecule has 14 rings (SSSR count). The number of furan rings is 1. The quantitative estimate of drug-likeness (QED) is 0.151. The minimum absolute atomic E-state index is 0.259. The highest BCUT2D eigenvalue weighted by molar-refractivity contribution is 6.11. The largest absolute Gasteiger partial charge is 0.455 e. The third-order valence-electron chi connectivity index (χ3n) is 15.2. The van der Waals surface area contributed by atoms with Crippen LogP contribution < -0.4 is 4.90 Å². The van der Waals surface area contributed by atoms with Gasteiger partial charge in [-0.1, -0.05) is 196 Å². The first-order chi connectivity index (χ1) is 35.4. The molecule has 0 radical (unpaired) electrons. The van der Waals surface area contributed by atoms with E-state index in [4.69, 9.17) is 4.42 Å². The molecule has 1 aliphatic rings. The summed E-state index contributed by atoms with van der Waals surface area (Å²) < 4.78 is 8.86. The molecule has 0 unspecified atom stereocenters. The molecule has 3 nitrogen and oxygen atoms in total. The number of nitrogens with zero attached hydrogens (tertiary/aromatic N) is 2. The fourth-order valence-corrected chi connectivity index (χ4v) is 11.6. The molecule has 0 aliphatic heterocycles. The third-order valence-corrected chi connectivity index (χ3v) is 15.2. The molecule has 2 aromatic heterocycles. The number of hydrogen-bond donors (Lipinski definition) is 0. The summed E-state index contributed by atoms with van der Waals surface area (Å²) in [5.74, 6) is 0. The van der Waals surface area contributed by atoms with Crippen LogP contribution in [0.5, 0.6) is 0 Å². The summed E-state index contributed by atoms with van der Waals surface area (Å²) in [6.07, 6.45) is 0. The molecule has 0 bridgehead atoms. The molecule has 0 spiro atoms. The second-order valence-electron chi connectivity index (χ2n) is 19.7. The maximum atomic E-state index is 6.40. The van der Waals surface area contributed by atoms with Gasteiger partial charge in [-0.3, -0.25) is 0 Å². The first-order valence-electron chi connectivity index (χ1n) is 24.9. The lowest BCUT2D eigenvalue weighted by molar-refractivity contribution is 0.660. The first-order valence-corrected chi connectivity index (χ1v) is 24.9. The third kappa shape index (κ3) is 6.73. The molecular formula is C69H48N2O. The Bertz CT molecular complexity index is 4120. The Kier molecular flexibility index (Phi) is 9.56. The number of anilines is 3. The Hall–Kier alpha value is -9.18. The second-order valence-corrected chi connectivity index (χ2v) is 19.7. The van der Waals surface area contributed by atoms with Gasteiger partial charge >= 0.3 is 0 Å². The number of benzene rings is 11. The van der Waals surface area contributed by atoms with Crippen molar-refractivity contribution in [3.05, 3.63) is 266 Å². The summed E-state index contributed by atoms with van der Waals surface area (Å²) in [4.78, 5) is 2.40. The van der Waals surface area contributed by atoms with Gasteiger partial charge in [0, 0.05) is 55.3 Å². The zero-order valence-electron chi connectivity index (χ0n) is 40.1. The summed E-state index contributed by atoms with van der Waals surface area (Å²) >= 11 is 0. The van der Waals surface area contributed by atoms with Crippen LogP contribution in [0.3, 0.4) is 0 Å². The van der Waals surface area contributed by atoms with Gasteiger partial charge in [0.05, 0.1) is 11.0 Å². The van der Waals surface area contributed by atoms with E-state index >= 15 is 0 Å². The van der Waals surface area contributed by atoms with Crippen molar-refractivity contribution in [2.24, 2.45) is 0 Å². The van der Waals surface area contributed by atoms with E-state index in [1.807, 2.05) is 12.1 Å². The second kappa shape index (κ2) is 16.5. The molecule has 13 aromatic rings. The van der Waals surface area contributed by atoms with E-state index in [-0.39, 0.29) is 5.41 Å². The van der Waals surface area contributed by atoms with Gasteiger partial charge in [-0.25, -0.2) is 0 Å². The Labute approximate surface area is 419 Å². The number of hydrogen-bond acceptors (Lipinski definition) is 2. The molecule has 0 N–H and O–H groups in total. The van der Waals surface area contributed by atoms with Gasteiger partial charge < -0.3 is 13.9 Å². The van der Waals surface area contributed by atoms with Crippen molar-refractivity contribution >= 4 is 60.8 Å². The van der Waals surface area contributed by atoms with E-state index < -0.39 is 0 Å². The van der Waals surface area contributed by atoms with E-state index in [0.717, 1.165) is 55.8 Å². The standard InChI is InChI=1S/C69H48N2O/c1-69(2)63-43-54(70(52-33-28-47(29-34-52)45-14-5-3-6-15-45)53-35-30-48(31-36-53)46-16-7-4-8-17-46)37-39-57(63)58-40-38-55(44-64(58)69)71-65-22-11-9-18-59(65)62-42-51(32-41-66(62)71)49-24-26-50(27-25-49)56-20-13-21-61-60-19-10-12-23-67(60)72-68(56)61/h3-44H,1-2H3. The van der Waals surface area contributed by atoms with Crippen LogP contribution in [0.4, 0.5) is 17.1 Å². The number of rotatable bonds is 8. The van der Waals surface area contributed by atoms with Crippen molar-refractivity contribution in [3.8, 4) is 61.3 Å². The van der Waals surface area contributed by atoms with Crippen molar-refractivity contribution < 1.29 is 4.42 Å². The summed E-state index contributed by atoms with van der Waals surface area (Å²) in [6.45, 7) is 4.78. The van der Waals surface area contributed by atoms with Crippen LogP contribution in [0.15, 0.2) is 259 Å². The van der Waals surface area contributed by atoms with Crippen LogP contribution in [0.2, 0.25) is 0 Å². The maximum absolute atomic E-state index is 6.40. The first kappa shape index (κ1) is 41.8. The van der Waals surface area contributed by atoms with Gasteiger partial charge in [-0.2, -0.15) is 0 Å². The molecule has 0 fully saturated rings. The zero-order valence-corrected chi connectivity index (χ0v) is 40.1. The summed E-state index contributed by atoms with van der Waals surface area (Å²) in [5.41, 5.74) is 23.1. The number of para-hydroxylation sites is 3. The predicted molar refractivity (Wildman–Crippen MR) is 302 cm³/mol. The zero-order chi connectivity index (χ0) is 47.9. The molecule has 0 saturated carbocycles. The van der Waals surface area contributed by atoms with Gasteiger partial charge in [0.2, 0.25) is 0 Å². The monoisotopic (exact) mass is 920 g/mol. The molecule has 3 heteroatoms. The molecule has 2 heterocycles. The average molecular weight is 921 g/mol. The van der Waals surface area contributed by atoms with Crippen LogP contribution in [0.1, 0.15) is 25.0 Å². The van der Waals surface area contributed by atoms with E-state index in [1.165, 1.54) is 77.4 Å². The minimum Gasteiger partial charge on any atom is -0.455 e. The van der Waals surface area contributed by atoms with Gasteiger partial charge in [0.1, 0.15) is 11.2 Å². The van der Waals surface area contributed by atoms with E-state index in [0.29, 0.717) is 0 Å². The van der Waals surface area contributed by atoms with Crippen molar-refractivity contribution in [2.75, 3.05) is 4.90 Å². The highest BCUT2D eigenvalue weighted by Gasteiger charge is 2.37. The summed E-state index contributed by atoms with van der Waals surface area (Å²) in [6, 6.07) is 92.8. The smallest absolute Gasteiger partial charge is 0.143 e. The summed E-state index contributed by atoms with van der Waals surface area (Å²) in [7, 11) is 0. The maximum Gasteiger partial charge on any atom is 0.143 e. The molecule has 340 valence electrons. The van der Waals surface area contributed by atoms with E-state index in [1.54, 1.807) is 0 Å². The highest BCUT2D eigenvalue weighted by atomic mass is 16.3. The van der Waals surface area contributed by atoms with Gasteiger partial charge in [0.15, 0.2) is 0 Å². The van der Waals surface area contributed by atoms with Gasteiger partial charge in [0.25, 0.3) is 0 Å². The highest BCUT2D eigenvalue weighted by Crippen LogP contribution is 2.52. The topological polar surface area (TPSA) is 21.3 Å². The van der Waals surface area contributed by atoms with E-state index in [9.17, 15) is 0 Å². The number of fused-ring (bicyclic) bond motifs is 9. The Morgan fingerprint density at radius 1 is 0.333 bits per heavy atom. The van der Waals surface area contributed by atoms with Crippen LogP contribution in [0.25, 0.3) is 105 Å². The molecule has 72 heavy (non-hydrogen) atoms. The van der Waals surface area contributed by atoms with Crippen LogP contribution in [-0.2, 0) is 5.41 Å². The fourth-order valence-electron chi connectivity index (χ4n) is 11.6. The van der Waals surface area contributed by atoms with E-state index in [2.05, 4.69) is 266 Å². The lowest BCUT2D eigenvalue weighted by atomic mass is 9.82. The molecule has 1 aliphatic carbocycles. The van der Waals surface area contributed by atoms with Crippen LogP contribution in [0, 0.1) is 0 Å². The Morgan fingerprint density at radius 2 is 0.833 bits per heavy atom. The molecular weight excluding hydrogens is 873 g/mol. The summed E-state index contributed by atoms with van der Waals surface area (Å²) in [5, 5.41) is 4.77. The fraction of sp³-hybridized carbons (Fsp3) is 0.0435. The lowest BCUT2D eigenvalue weighted by Gasteiger charge is -2.28. The van der Waals surface area contributed by atoms with Crippen LogP contribution in [-0.4, -0.2) is 4.57 Å². The Balaban J connectivity index is 0.816. The molecule has 11 aromatic carbocycles. The van der Waals surface area contributed by atoms with Gasteiger partial charge in [-0.05, 0) is 134 Å². The van der Waals surface area contributed by atoms with Gasteiger partial charge in [-0.15, -0.1) is 0 Å². The van der Waals surface area contributed by atoms with Crippen molar-refractivity contribution in [1.82, 2.24) is 4.57 Å². The number of aromatic nitrogens is 1. The molecule has 0 amide bonds. The SMILES string of the molecule is CC1(C)c2cc(N(c3ccc(-c4ccccc4)cc3)c3ccc(-c4ccccc4)cc3)ccc2-c2ccc(-n3c4ccccc4c4cc(-c5ccc(-c6cccc7c6oc6ccccc67)cc5)ccc43)cc21. The Morgan fingerprint density at radius 3 is 1.53 bits per heavy atom. The van der Waals surface area contributed by atoms with Crippen molar-refractivity contribution in [1.29, 1.82) is 0 Å². The average Bonchev–Trinajstić information content (AvgIpc) is 4.06. The predicted octanol–water partition coefficient (Wildman–Crippen LogP) is 19.1. The lowest BCUT2D eigenvalue weighted by Crippen LogP contribution is -2.17. The molecule has 0 atom stereocenters. The molecule has 0 saturated heterocycles. The van der Waals surface area contributed by atoms with Crippen LogP contribution >= 0.6 is 0 Å². The van der Waals surface area contributed by atoms with Crippen molar-refractivity contribution in [3.63, 3.8) is 0 Å². The normalized spacial score (nSPS) is 12.7.